The second-order valence-corrected chi connectivity index (χ2v) is 8.18. The third-order valence-corrected chi connectivity index (χ3v) is 6.16. The van der Waals surface area contributed by atoms with Gasteiger partial charge >= 0.3 is 0 Å². The lowest BCUT2D eigenvalue weighted by atomic mass is 9.99. The van der Waals surface area contributed by atoms with Crippen LogP contribution in [0, 0.1) is 0 Å². The minimum atomic E-state index is 0.796. The zero-order chi connectivity index (χ0) is 20.3. The molecule has 30 heavy (non-hydrogen) atoms. The fourth-order valence-corrected chi connectivity index (χ4v) is 4.55. The minimum Gasteiger partial charge on any atom is -0.496 e. The molecule has 5 rings (SSSR count). The molecule has 0 saturated heterocycles. The highest BCUT2D eigenvalue weighted by atomic mass is 32.1. The number of nitrogens with one attached hydrogen (secondary N) is 2. The molecule has 0 unspecified atom stereocenters. The number of hydrogen-bond donors (Lipinski definition) is 2. The van der Waals surface area contributed by atoms with E-state index < -0.39 is 0 Å². The number of benzene rings is 1. The molecule has 0 aliphatic carbocycles. The summed E-state index contributed by atoms with van der Waals surface area (Å²) in [5.41, 5.74) is 4.35. The number of aromatic nitrogens is 2. The highest BCUT2D eigenvalue weighted by Gasteiger charge is 2.21. The van der Waals surface area contributed by atoms with Crippen LogP contribution in [-0.2, 0) is 13.0 Å². The number of aliphatic imine (C=N–C) groups is 1. The molecule has 2 aliphatic heterocycles. The van der Waals surface area contributed by atoms with Crippen LogP contribution in [0.5, 0.6) is 5.75 Å². The van der Waals surface area contributed by atoms with Crippen LogP contribution in [0.15, 0.2) is 46.8 Å². The van der Waals surface area contributed by atoms with Crippen LogP contribution in [0.1, 0.15) is 17.5 Å². The molecule has 154 valence electrons. The average molecular weight is 421 g/mol. The molecule has 0 fully saturated rings. The van der Waals surface area contributed by atoms with Crippen molar-refractivity contribution in [1.82, 2.24) is 15.3 Å². The van der Waals surface area contributed by atoms with Crippen molar-refractivity contribution in [2.75, 3.05) is 37.0 Å². The number of methoxy groups -OCH3 is 1. The van der Waals surface area contributed by atoms with Gasteiger partial charge in [0.05, 0.1) is 12.8 Å². The fraction of sp³-hybridized carbons (Fsp3) is 0.318. The van der Waals surface area contributed by atoms with Gasteiger partial charge in [-0.1, -0.05) is 18.2 Å². The second kappa shape index (κ2) is 8.31. The fourth-order valence-electron chi connectivity index (χ4n) is 3.85. The monoisotopic (exact) mass is 420 g/mol. The summed E-state index contributed by atoms with van der Waals surface area (Å²) in [5, 5.41) is 9.38. The maximum absolute atomic E-state index is 5.58. The van der Waals surface area contributed by atoms with Gasteiger partial charge in [-0.3, -0.25) is 4.99 Å². The number of nitrogens with zero attached hydrogens (tertiary/aromatic N) is 4. The maximum Gasteiger partial charge on any atom is 0.197 e. The van der Waals surface area contributed by atoms with E-state index in [0.29, 0.717) is 0 Å². The highest BCUT2D eigenvalue weighted by Crippen LogP contribution is 2.31. The Kier molecular flexibility index (Phi) is 5.23. The number of hydrogen-bond acceptors (Lipinski definition) is 8. The van der Waals surface area contributed by atoms with E-state index in [1.54, 1.807) is 18.4 Å². The van der Waals surface area contributed by atoms with Gasteiger partial charge in [0.15, 0.2) is 11.1 Å². The van der Waals surface area contributed by atoms with Crippen molar-refractivity contribution in [3.63, 3.8) is 0 Å². The van der Waals surface area contributed by atoms with Crippen LogP contribution in [-0.4, -0.2) is 42.7 Å². The van der Waals surface area contributed by atoms with Gasteiger partial charge in [-0.05, 0) is 36.6 Å². The normalized spacial score (nSPS) is 15.8. The van der Waals surface area contributed by atoms with E-state index in [1.807, 2.05) is 17.5 Å². The first-order valence-electron chi connectivity index (χ1n) is 10.2. The third kappa shape index (κ3) is 3.82. The first kappa shape index (κ1) is 18.9. The second-order valence-electron chi connectivity index (χ2n) is 7.32. The molecule has 0 saturated carbocycles. The van der Waals surface area contributed by atoms with E-state index in [4.69, 9.17) is 14.7 Å². The van der Waals surface area contributed by atoms with Crippen molar-refractivity contribution in [2.45, 2.75) is 19.4 Å². The van der Waals surface area contributed by atoms with E-state index in [1.165, 1.54) is 11.1 Å². The molecule has 0 spiro atoms. The van der Waals surface area contributed by atoms with E-state index in [2.05, 4.69) is 44.8 Å². The zero-order valence-corrected chi connectivity index (χ0v) is 17.7. The Morgan fingerprint density at radius 1 is 1.13 bits per heavy atom. The van der Waals surface area contributed by atoms with Crippen molar-refractivity contribution >= 4 is 28.2 Å². The van der Waals surface area contributed by atoms with Crippen LogP contribution in [0.2, 0.25) is 0 Å². The Labute approximate surface area is 179 Å². The van der Waals surface area contributed by atoms with Crippen molar-refractivity contribution in [3.8, 4) is 17.1 Å². The van der Waals surface area contributed by atoms with Crippen molar-refractivity contribution < 1.29 is 4.74 Å². The average Bonchev–Trinajstić information content (AvgIpc) is 3.27. The molecule has 0 atom stereocenters. The lowest BCUT2D eigenvalue weighted by molar-refractivity contribution is 0.407. The predicted octanol–water partition coefficient (Wildman–Crippen LogP) is 3.54. The Balaban J connectivity index is 1.35. The molecule has 4 heterocycles. The molecule has 2 aromatic heterocycles. The van der Waals surface area contributed by atoms with Crippen molar-refractivity contribution in [1.29, 1.82) is 0 Å². The van der Waals surface area contributed by atoms with E-state index in [-0.39, 0.29) is 0 Å². The summed E-state index contributed by atoms with van der Waals surface area (Å²) >= 11 is 1.56. The van der Waals surface area contributed by atoms with Gasteiger partial charge < -0.3 is 20.3 Å². The first-order valence-corrected chi connectivity index (χ1v) is 11.1. The number of guanidine groups is 1. The minimum absolute atomic E-state index is 0.796. The quantitative estimate of drug-likeness (QED) is 0.673. The molecule has 0 amide bonds. The van der Waals surface area contributed by atoms with Crippen molar-refractivity contribution in [3.05, 3.63) is 52.9 Å². The molecule has 7 nitrogen and oxygen atoms in total. The number of thiazole rings is 1. The number of rotatable bonds is 4. The van der Waals surface area contributed by atoms with Crippen LogP contribution in [0.4, 0.5) is 10.9 Å². The number of fused-ring (bicyclic) bond motifs is 1. The van der Waals surface area contributed by atoms with Gasteiger partial charge in [0.25, 0.3) is 0 Å². The van der Waals surface area contributed by atoms with E-state index >= 15 is 0 Å². The number of ether oxygens (including phenoxy) is 1. The maximum atomic E-state index is 5.58. The number of pyridine rings is 1. The Morgan fingerprint density at radius 3 is 2.93 bits per heavy atom. The lowest BCUT2D eigenvalue weighted by Gasteiger charge is -2.31. The largest absolute Gasteiger partial charge is 0.496 e. The molecule has 2 N–H and O–H groups in total. The molecule has 1 aromatic carbocycles. The summed E-state index contributed by atoms with van der Waals surface area (Å²) in [6.07, 6.45) is 2.05. The van der Waals surface area contributed by atoms with Crippen LogP contribution in [0.25, 0.3) is 11.4 Å². The molecular weight excluding hydrogens is 396 g/mol. The topological polar surface area (TPSA) is 74.7 Å². The molecule has 0 bridgehead atoms. The summed E-state index contributed by atoms with van der Waals surface area (Å²) in [6, 6.07) is 12.4. The third-order valence-electron chi connectivity index (χ3n) is 5.40. The Hall–Kier alpha value is -3.13. The van der Waals surface area contributed by atoms with Gasteiger partial charge in [-0.25, -0.2) is 9.97 Å². The summed E-state index contributed by atoms with van der Waals surface area (Å²) in [4.78, 5) is 16.4. The summed E-state index contributed by atoms with van der Waals surface area (Å²) in [5.74, 6) is 2.71. The Bertz CT molecular complexity index is 1060. The van der Waals surface area contributed by atoms with Crippen LogP contribution >= 0.6 is 11.3 Å². The van der Waals surface area contributed by atoms with Gasteiger partial charge in [-0.15, -0.1) is 11.3 Å². The highest BCUT2D eigenvalue weighted by molar-refractivity contribution is 7.14. The van der Waals surface area contributed by atoms with Gasteiger partial charge in [0.2, 0.25) is 0 Å². The van der Waals surface area contributed by atoms with E-state index in [9.17, 15) is 0 Å². The summed E-state index contributed by atoms with van der Waals surface area (Å²) in [7, 11) is 1.73. The molecule has 0 radical (unpaired) electrons. The van der Waals surface area contributed by atoms with Gasteiger partial charge in [0.1, 0.15) is 17.3 Å². The smallest absolute Gasteiger partial charge is 0.197 e. The summed E-state index contributed by atoms with van der Waals surface area (Å²) < 4.78 is 5.58. The standard InChI is InChI=1S/C22H24N6OS/c1-29-19-7-2-5-15-9-12-28(13-16(15)19)20-8-3-6-17(25-20)18-14-30-22(26-18)27-21-23-10-4-11-24-21/h2-3,5-8,14H,4,9-13H2,1H3,(H2,23,24,26,27). The van der Waals surface area contributed by atoms with E-state index in [0.717, 1.165) is 73.1 Å². The van der Waals surface area contributed by atoms with Crippen LogP contribution in [0.3, 0.4) is 0 Å². The van der Waals surface area contributed by atoms with Crippen LogP contribution < -0.4 is 20.3 Å². The zero-order valence-electron chi connectivity index (χ0n) is 16.9. The molecule has 2 aliphatic rings. The SMILES string of the molecule is COc1cccc2c1CN(c1cccc(-c3csc(NC4=NCCCN4)n3)n1)CC2. The molecule has 8 heteroatoms. The Morgan fingerprint density at radius 2 is 2.07 bits per heavy atom. The lowest BCUT2D eigenvalue weighted by Crippen LogP contribution is -2.35. The summed E-state index contributed by atoms with van der Waals surface area (Å²) in [6.45, 7) is 3.52. The predicted molar refractivity (Wildman–Crippen MR) is 122 cm³/mol. The van der Waals surface area contributed by atoms with Gasteiger partial charge in [-0.2, -0.15) is 0 Å². The molecule has 3 aromatic rings. The molecular formula is C22H24N6OS. The number of anilines is 2. The van der Waals surface area contributed by atoms with Crippen molar-refractivity contribution in [2.24, 2.45) is 4.99 Å². The first-order chi connectivity index (χ1) is 14.8. The van der Waals surface area contributed by atoms with Gasteiger partial charge in [0, 0.05) is 37.1 Å².